The largest absolute Gasteiger partial charge is 0.475 e. The Morgan fingerprint density at radius 1 is 1.40 bits per heavy atom. The first kappa shape index (κ1) is 14.2. The van der Waals surface area contributed by atoms with Gasteiger partial charge in [-0.1, -0.05) is 12.1 Å². The molecule has 2 aromatic rings. The Morgan fingerprint density at radius 2 is 2.15 bits per heavy atom. The van der Waals surface area contributed by atoms with Crippen LogP contribution in [0.4, 0.5) is 5.82 Å². The molecule has 6 nitrogen and oxygen atoms in total. The van der Waals surface area contributed by atoms with Gasteiger partial charge in [0.25, 0.3) is 0 Å². The molecular weight excluding hydrogens is 258 g/mol. The van der Waals surface area contributed by atoms with Gasteiger partial charge in [0.15, 0.2) is 0 Å². The second-order valence-corrected chi connectivity index (χ2v) is 4.36. The maximum Gasteiger partial charge on any atom is 0.374 e. The summed E-state index contributed by atoms with van der Waals surface area (Å²) in [5.74, 6) is -0.841. The number of nitrogens with zero attached hydrogens (tertiary/aromatic N) is 2. The molecule has 0 aliphatic carbocycles. The predicted molar refractivity (Wildman–Crippen MR) is 76.1 cm³/mol. The van der Waals surface area contributed by atoms with Gasteiger partial charge in [0.2, 0.25) is 5.82 Å². The number of carboxylic acid groups (broad SMARTS) is 1. The highest BCUT2D eigenvalue weighted by molar-refractivity contribution is 5.93. The number of anilines is 1. The number of carboxylic acids is 1. The summed E-state index contributed by atoms with van der Waals surface area (Å²) in [4.78, 5) is 19.1. The van der Waals surface area contributed by atoms with Crippen molar-refractivity contribution in [2.75, 3.05) is 18.5 Å². The zero-order valence-corrected chi connectivity index (χ0v) is 11.5. The van der Waals surface area contributed by atoms with E-state index in [0.717, 1.165) is 5.39 Å². The highest BCUT2D eigenvalue weighted by atomic mass is 16.5. The van der Waals surface area contributed by atoms with Crippen molar-refractivity contribution in [1.82, 2.24) is 9.97 Å². The van der Waals surface area contributed by atoms with Crippen molar-refractivity contribution in [3.8, 4) is 0 Å². The van der Waals surface area contributed by atoms with Crippen molar-refractivity contribution in [3.63, 3.8) is 0 Å². The molecule has 106 valence electrons. The van der Waals surface area contributed by atoms with Gasteiger partial charge < -0.3 is 15.2 Å². The third kappa shape index (κ3) is 3.21. The summed E-state index contributed by atoms with van der Waals surface area (Å²) in [5, 5.41) is 13.0. The van der Waals surface area contributed by atoms with Gasteiger partial charge in [0, 0.05) is 18.5 Å². The molecule has 0 aliphatic rings. The zero-order chi connectivity index (χ0) is 14.5. The van der Waals surface area contributed by atoms with Crippen molar-refractivity contribution in [2.24, 2.45) is 0 Å². The minimum atomic E-state index is -1.14. The summed E-state index contributed by atoms with van der Waals surface area (Å²) in [5.41, 5.74) is 0.603. The van der Waals surface area contributed by atoms with Crippen LogP contribution in [0, 0.1) is 0 Å². The molecule has 0 spiro atoms. The number of ether oxygens (including phenoxy) is 1. The molecule has 2 rings (SSSR count). The number of aromatic carboxylic acids is 1. The first-order valence-electron chi connectivity index (χ1n) is 6.47. The Labute approximate surface area is 116 Å². The molecule has 0 amide bonds. The molecule has 2 N–H and O–H groups in total. The lowest BCUT2D eigenvalue weighted by Gasteiger charge is -2.14. The van der Waals surface area contributed by atoms with Crippen molar-refractivity contribution < 1.29 is 14.6 Å². The first-order valence-corrected chi connectivity index (χ1v) is 6.47. The number of carbonyl (C=O) groups is 1. The van der Waals surface area contributed by atoms with E-state index < -0.39 is 5.97 Å². The van der Waals surface area contributed by atoms with Crippen LogP contribution >= 0.6 is 0 Å². The smallest absolute Gasteiger partial charge is 0.374 e. The van der Waals surface area contributed by atoms with E-state index in [1.807, 2.05) is 32.0 Å². The molecule has 1 heterocycles. The average Bonchev–Trinajstić information content (AvgIpc) is 2.44. The molecule has 0 fully saturated rings. The summed E-state index contributed by atoms with van der Waals surface area (Å²) < 4.78 is 5.43. The van der Waals surface area contributed by atoms with E-state index >= 15 is 0 Å². The highest BCUT2D eigenvalue weighted by Gasteiger charge is 2.13. The summed E-state index contributed by atoms with van der Waals surface area (Å²) in [7, 11) is 0. The van der Waals surface area contributed by atoms with E-state index in [1.165, 1.54) is 0 Å². The maximum absolute atomic E-state index is 11.1. The van der Waals surface area contributed by atoms with E-state index in [0.29, 0.717) is 24.5 Å². The van der Waals surface area contributed by atoms with E-state index in [4.69, 9.17) is 9.84 Å². The summed E-state index contributed by atoms with van der Waals surface area (Å²) in [6.07, 6.45) is 0.0157. The molecule has 0 bridgehead atoms. The van der Waals surface area contributed by atoms with Gasteiger partial charge >= 0.3 is 5.97 Å². The number of nitrogens with one attached hydrogen (secondary N) is 1. The molecule has 6 heteroatoms. The number of benzene rings is 1. The number of aromatic nitrogens is 2. The van der Waals surface area contributed by atoms with Crippen LogP contribution in [0.2, 0.25) is 0 Å². The highest BCUT2D eigenvalue weighted by Crippen LogP contribution is 2.20. The van der Waals surface area contributed by atoms with E-state index in [9.17, 15) is 4.79 Å². The van der Waals surface area contributed by atoms with E-state index in [-0.39, 0.29) is 11.9 Å². The second-order valence-electron chi connectivity index (χ2n) is 4.36. The predicted octanol–water partition coefficient (Wildman–Crippen LogP) is 2.16. The molecule has 0 radical (unpaired) electrons. The molecule has 1 aromatic heterocycles. The van der Waals surface area contributed by atoms with E-state index in [2.05, 4.69) is 15.3 Å². The van der Waals surface area contributed by atoms with Gasteiger partial charge in [-0.25, -0.2) is 14.8 Å². The monoisotopic (exact) mass is 275 g/mol. The van der Waals surface area contributed by atoms with Crippen molar-refractivity contribution in [2.45, 2.75) is 20.0 Å². The Bertz CT molecular complexity index is 616. The number of hydrogen-bond acceptors (Lipinski definition) is 5. The van der Waals surface area contributed by atoms with Crippen LogP contribution in [-0.4, -0.2) is 40.3 Å². The number of para-hydroxylation sites is 1. The van der Waals surface area contributed by atoms with Gasteiger partial charge in [-0.3, -0.25) is 0 Å². The van der Waals surface area contributed by atoms with Gasteiger partial charge in [0.05, 0.1) is 11.6 Å². The number of rotatable bonds is 6. The third-order valence-corrected chi connectivity index (χ3v) is 2.80. The van der Waals surface area contributed by atoms with Crippen LogP contribution in [0.15, 0.2) is 24.3 Å². The topological polar surface area (TPSA) is 84.3 Å². The molecule has 1 unspecified atom stereocenters. The molecule has 0 saturated heterocycles. The quantitative estimate of drug-likeness (QED) is 0.840. The lowest BCUT2D eigenvalue weighted by molar-refractivity contribution is 0.0684. The van der Waals surface area contributed by atoms with Crippen LogP contribution in [0.1, 0.15) is 24.5 Å². The summed E-state index contributed by atoms with van der Waals surface area (Å²) in [6, 6.07) is 7.30. The Hall–Kier alpha value is -2.21. The van der Waals surface area contributed by atoms with Gasteiger partial charge in [0.1, 0.15) is 5.82 Å². The fourth-order valence-electron chi connectivity index (χ4n) is 1.89. The van der Waals surface area contributed by atoms with Crippen LogP contribution < -0.4 is 5.32 Å². The van der Waals surface area contributed by atoms with Gasteiger partial charge in [-0.2, -0.15) is 0 Å². The molecule has 20 heavy (non-hydrogen) atoms. The number of hydrogen-bond donors (Lipinski definition) is 2. The van der Waals surface area contributed by atoms with Crippen LogP contribution in [0.3, 0.4) is 0 Å². The van der Waals surface area contributed by atoms with Crippen LogP contribution in [0.5, 0.6) is 0 Å². The average molecular weight is 275 g/mol. The molecule has 1 atom stereocenters. The standard InChI is InChI=1S/C14H17N3O3/c1-3-20-9(2)8-15-12-10-6-4-5-7-11(10)16-13(17-12)14(18)19/h4-7,9H,3,8H2,1-2H3,(H,18,19)(H,15,16,17). The molecule has 0 aliphatic heterocycles. The number of fused-ring (bicyclic) bond motifs is 1. The minimum Gasteiger partial charge on any atom is -0.475 e. The van der Waals surface area contributed by atoms with E-state index in [1.54, 1.807) is 6.07 Å². The van der Waals surface area contributed by atoms with Crippen LogP contribution in [-0.2, 0) is 4.74 Å². The molecule has 1 aromatic carbocycles. The Kier molecular flexibility index (Phi) is 4.47. The molecule has 0 saturated carbocycles. The maximum atomic E-state index is 11.1. The summed E-state index contributed by atoms with van der Waals surface area (Å²) in [6.45, 7) is 5.05. The third-order valence-electron chi connectivity index (χ3n) is 2.80. The second kappa shape index (κ2) is 6.29. The fourth-order valence-corrected chi connectivity index (χ4v) is 1.89. The first-order chi connectivity index (χ1) is 9.61. The van der Waals surface area contributed by atoms with Gasteiger partial charge in [-0.15, -0.1) is 0 Å². The lowest BCUT2D eigenvalue weighted by atomic mass is 10.2. The fraction of sp³-hybridized carbons (Fsp3) is 0.357. The normalized spacial score (nSPS) is 12.3. The Morgan fingerprint density at radius 3 is 2.85 bits per heavy atom. The summed E-state index contributed by atoms with van der Waals surface area (Å²) >= 11 is 0. The lowest BCUT2D eigenvalue weighted by Crippen LogP contribution is -2.21. The van der Waals surface area contributed by atoms with Crippen molar-refractivity contribution in [3.05, 3.63) is 30.1 Å². The SMILES string of the molecule is CCOC(C)CNc1nc(C(=O)O)nc2ccccc12. The Balaban J connectivity index is 2.32. The van der Waals surface area contributed by atoms with Crippen molar-refractivity contribution >= 4 is 22.7 Å². The van der Waals surface area contributed by atoms with Gasteiger partial charge in [-0.05, 0) is 26.0 Å². The molecular formula is C14H17N3O3. The zero-order valence-electron chi connectivity index (χ0n) is 11.5. The minimum absolute atomic E-state index is 0.0157. The van der Waals surface area contributed by atoms with Crippen LogP contribution in [0.25, 0.3) is 10.9 Å². The van der Waals surface area contributed by atoms with Crippen molar-refractivity contribution in [1.29, 1.82) is 0 Å².